The van der Waals surface area contributed by atoms with E-state index in [0.29, 0.717) is 49.9 Å². The Kier molecular flexibility index (Phi) is 23.6. The Balaban J connectivity index is 1.34. The molecule has 2 aromatic rings. The van der Waals surface area contributed by atoms with Gasteiger partial charge in [0.05, 0.1) is 24.3 Å². The van der Waals surface area contributed by atoms with Crippen molar-refractivity contribution >= 4 is 65.6 Å². The van der Waals surface area contributed by atoms with Crippen molar-refractivity contribution in [2.24, 2.45) is 11.8 Å². The molecule has 0 radical (unpaired) electrons. The SMILES string of the molecule is O=C(O)CCC(NC(=O)N[C@@H](CC1CCN(C(=O)CCC(CCC(=O)N2CCC(C[C@@H](NC(=O)NC(CCC(=O)O)C(=O)O)C(=O)O)CC2)NC(=O)c2ccc(-n3cc(CCCF)nn3)cc2)CC1)C(=O)O)C(=O)O. The van der Waals surface area contributed by atoms with Gasteiger partial charge in [0.1, 0.15) is 24.2 Å². The number of alkyl halides is 1. The summed E-state index contributed by atoms with van der Waals surface area (Å²) in [6.45, 7) is 0.483. The van der Waals surface area contributed by atoms with Crippen LogP contribution in [0.1, 0.15) is 112 Å². The van der Waals surface area contributed by atoms with Crippen LogP contribution in [0.4, 0.5) is 14.0 Å². The summed E-state index contributed by atoms with van der Waals surface area (Å²) >= 11 is 0. The molecule has 412 valence electrons. The molecule has 3 heterocycles. The van der Waals surface area contributed by atoms with Crippen LogP contribution in [0, 0.1) is 11.8 Å². The Morgan fingerprint density at radius 2 is 0.973 bits per heavy atom. The lowest BCUT2D eigenvalue weighted by molar-refractivity contribution is -0.142. The minimum absolute atomic E-state index is 0.0343. The molecular weight excluding hydrogens is 996 g/mol. The lowest BCUT2D eigenvalue weighted by Gasteiger charge is -2.34. The highest BCUT2D eigenvalue weighted by Gasteiger charge is 2.33. The van der Waals surface area contributed by atoms with Crippen molar-refractivity contribution in [3.8, 4) is 5.69 Å². The average molecular weight is 1060 g/mol. The fourth-order valence-electron chi connectivity index (χ4n) is 8.73. The van der Waals surface area contributed by atoms with E-state index >= 15 is 0 Å². The summed E-state index contributed by atoms with van der Waals surface area (Å²) in [5.74, 6) is -9.81. The van der Waals surface area contributed by atoms with Crippen LogP contribution in [0.25, 0.3) is 5.69 Å². The van der Waals surface area contributed by atoms with Gasteiger partial charge in [-0.3, -0.25) is 28.4 Å². The highest BCUT2D eigenvalue weighted by molar-refractivity contribution is 5.94. The summed E-state index contributed by atoms with van der Waals surface area (Å²) < 4.78 is 14.2. The predicted octanol–water partition coefficient (Wildman–Crippen LogP) is 1.23. The fraction of sp³-hybridized carbons (Fsp3) is 0.596. The van der Waals surface area contributed by atoms with Crippen LogP contribution in [0.15, 0.2) is 30.5 Å². The summed E-state index contributed by atoms with van der Waals surface area (Å²) in [6.07, 6.45) is 2.02. The number of piperidine rings is 2. The van der Waals surface area contributed by atoms with E-state index in [1.165, 1.54) is 4.68 Å². The first-order valence-electron chi connectivity index (χ1n) is 24.5. The highest BCUT2D eigenvalue weighted by atomic mass is 19.1. The van der Waals surface area contributed by atoms with Gasteiger partial charge in [0.2, 0.25) is 11.8 Å². The summed E-state index contributed by atoms with van der Waals surface area (Å²) in [6, 6.07) is -2.42. The Morgan fingerprint density at radius 1 is 0.560 bits per heavy atom. The number of halogens is 1. The molecule has 5 atom stereocenters. The molecule has 0 aliphatic carbocycles. The van der Waals surface area contributed by atoms with Crippen LogP contribution in [-0.4, -0.2) is 184 Å². The summed E-state index contributed by atoms with van der Waals surface area (Å²) in [5.41, 5.74) is 1.45. The van der Waals surface area contributed by atoms with Gasteiger partial charge in [-0.2, -0.15) is 0 Å². The number of hydrogen-bond acceptors (Lipinski definition) is 13. The van der Waals surface area contributed by atoms with E-state index in [1.54, 1.807) is 40.3 Å². The van der Waals surface area contributed by atoms with E-state index in [-0.39, 0.29) is 93.9 Å². The second-order valence-corrected chi connectivity index (χ2v) is 18.5. The largest absolute Gasteiger partial charge is 0.481 e. The normalized spacial score (nSPS) is 16.0. The van der Waals surface area contributed by atoms with E-state index in [1.807, 2.05) is 0 Å². The van der Waals surface area contributed by atoms with Gasteiger partial charge in [-0.25, -0.2) is 33.4 Å². The van der Waals surface area contributed by atoms with Crippen LogP contribution >= 0.6 is 0 Å². The fourth-order valence-corrected chi connectivity index (χ4v) is 8.73. The molecule has 28 heteroatoms. The Hall–Kier alpha value is -7.94. The molecular formula is C47H65FN10O17. The van der Waals surface area contributed by atoms with Gasteiger partial charge in [-0.05, 0) is 113 Å². The number of likely N-dealkylation sites (tertiary alicyclic amines) is 2. The standard InChI is InChI=1S/C47H65FN10O17/c48-19-1-2-31-26-58(55-54-31)32-7-3-29(4-8-32)41(65)49-30(5-11-37(59)56-20-15-27(16-21-56)24-35(44(70)71)52-46(74)50-33(42(66)67)9-13-39(61)62)6-12-38(60)57-22-17-28(18-23-57)25-36(45(72)73)53-47(75)51-34(43(68)69)10-14-40(63)64/h3-4,7-8,26-28,30,33-36H,1-2,5-6,9-25H2,(H,49,65)(H,61,62)(H,63,64)(H,66,67)(H,68,69)(H,70,71)(H,72,73)(H2,50,52,74)(H2,51,53,75)/t30?,33?,34?,35-,36+. The second-order valence-electron chi connectivity index (χ2n) is 18.5. The van der Waals surface area contributed by atoms with Gasteiger partial charge in [0, 0.05) is 63.5 Å². The first kappa shape index (κ1) is 59.6. The van der Waals surface area contributed by atoms with Crippen molar-refractivity contribution < 1.29 is 87.8 Å². The van der Waals surface area contributed by atoms with Crippen LogP contribution < -0.4 is 26.6 Å². The number of nitrogens with one attached hydrogen (secondary N) is 5. The molecule has 2 aliphatic rings. The van der Waals surface area contributed by atoms with Crippen molar-refractivity contribution in [1.82, 2.24) is 51.4 Å². The van der Waals surface area contributed by atoms with Gasteiger partial charge in [0.25, 0.3) is 5.91 Å². The number of rotatable bonds is 30. The van der Waals surface area contributed by atoms with E-state index in [0.717, 1.165) is 0 Å². The number of aromatic nitrogens is 3. The Morgan fingerprint density at radius 3 is 1.36 bits per heavy atom. The zero-order valence-electron chi connectivity index (χ0n) is 41.1. The van der Waals surface area contributed by atoms with Crippen molar-refractivity contribution in [3.05, 3.63) is 41.7 Å². The smallest absolute Gasteiger partial charge is 0.326 e. The molecule has 2 aliphatic heterocycles. The molecule has 75 heavy (non-hydrogen) atoms. The number of nitrogens with zero attached hydrogens (tertiary/aromatic N) is 5. The number of hydrogen-bond donors (Lipinski definition) is 11. The zero-order valence-corrected chi connectivity index (χ0v) is 41.1. The third kappa shape index (κ3) is 20.5. The molecule has 7 amide bonds. The molecule has 2 fully saturated rings. The third-order valence-electron chi connectivity index (χ3n) is 13.0. The second kappa shape index (κ2) is 29.7. The molecule has 1 aromatic heterocycles. The van der Waals surface area contributed by atoms with Crippen LogP contribution in [0.2, 0.25) is 0 Å². The molecule has 0 spiro atoms. The third-order valence-corrected chi connectivity index (χ3v) is 13.0. The molecule has 27 nitrogen and oxygen atoms in total. The highest BCUT2D eigenvalue weighted by Crippen LogP contribution is 2.25. The van der Waals surface area contributed by atoms with Gasteiger partial charge < -0.3 is 67.0 Å². The number of amides is 7. The monoisotopic (exact) mass is 1060 g/mol. The number of aryl methyl sites for hydroxylation is 1. The Bertz CT molecular complexity index is 2230. The maximum atomic E-state index is 13.7. The average Bonchev–Trinajstić information content (AvgIpc) is 3.85. The number of urea groups is 2. The van der Waals surface area contributed by atoms with Gasteiger partial charge >= 0.3 is 47.9 Å². The summed E-state index contributed by atoms with van der Waals surface area (Å²) in [5, 5.41) is 75.8. The number of carboxylic acids is 6. The zero-order chi connectivity index (χ0) is 55.2. The maximum Gasteiger partial charge on any atom is 0.326 e. The molecule has 11 N–H and O–H groups in total. The van der Waals surface area contributed by atoms with Crippen LogP contribution in [0.3, 0.4) is 0 Å². The first-order valence-corrected chi connectivity index (χ1v) is 24.5. The van der Waals surface area contributed by atoms with Crippen LogP contribution in [-0.2, 0) is 44.8 Å². The van der Waals surface area contributed by atoms with E-state index in [2.05, 4.69) is 36.9 Å². The van der Waals surface area contributed by atoms with Gasteiger partial charge in [-0.1, -0.05) is 5.21 Å². The number of aliphatic carboxylic acids is 6. The lowest BCUT2D eigenvalue weighted by atomic mass is 9.89. The number of carbonyl (C=O) groups is 11. The molecule has 2 saturated heterocycles. The quantitative estimate of drug-likeness (QED) is 0.0524. The molecule has 1 aromatic carbocycles. The van der Waals surface area contributed by atoms with Gasteiger partial charge in [0.15, 0.2) is 0 Å². The summed E-state index contributed by atoms with van der Waals surface area (Å²) in [7, 11) is 0. The summed E-state index contributed by atoms with van der Waals surface area (Å²) in [4.78, 5) is 138. The Labute approximate surface area is 428 Å². The number of carbonyl (C=O) groups excluding carboxylic acids is 5. The van der Waals surface area contributed by atoms with Gasteiger partial charge in [-0.15, -0.1) is 5.10 Å². The lowest BCUT2D eigenvalue weighted by Crippen LogP contribution is -2.52. The van der Waals surface area contributed by atoms with E-state index in [9.17, 15) is 77.6 Å². The minimum Gasteiger partial charge on any atom is -0.481 e. The van der Waals surface area contributed by atoms with Crippen molar-refractivity contribution in [1.29, 1.82) is 0 Å². The van der Waals surface area contributed by atoms with E-state index < -0.39 is 116 Å². The minimum atomic E-state index is -1.57. The van der Waals surface area contributed by atoms with E-state index in [4.69, 9.17) is 10.2 Å². The van der Waals surface area contributed by atoms with Crippen molar-refractivity contribution in [2.45, 2.75) is 133 Å². The number of carboxylic acid groups (broad SMARTS) is 6. The van der Waals surface area contributed by atoms with Crippen molar-refractivity contribution in [2.75, 3.05) is 32.9 Å². The first-order chi connectivity index (χ1) is 35.6. The number of benzene rings is 1. The van der Waals surface area contributed by atoms with Crippen LogP contribution in [0.5, 0.6) is 0 Å². The molecule has 3 unspecified atom stereocenters. The molecule has 0 bridgehead atoms. The van der Waals surface area contributed by atoms with Crippen molar-refractivity contribution in [3.63, 3.8) is 0 Å². The molecule has 4 rings (SSSR count). The molecule has 0 saturated carbocycles. The predicted molar refractivity (Wildman–Crippen MR) is 256 cm³/mol. The topological polar surface area (TPSA) is 406 Å². The maximum absolute atomic E-state index is 13.7.